The summed E-state index contributed by atoms with van der Waals surface area (Å²) in [4.78, 5) is 17.7. The van der Waals surface area contributed by atoms with Gasteiger partial charge in [-0.25, -0.2) is 9.97 Å². The van der Waals surface area contributed by atoms with Crippen LogP contribution in [0.2, 0.25) is 0 Å². The Balaban J connectivity index is 2.01. The van der Waals surface area contributed by atoms with Crippen LogP contribution in [-0.2, 0) is 25.7 Å². The molecule has 0 saturated heterocycles. The average molecular weight is 479 g/mol. The Morgan fingerprint density at radius 2 is 0.667 bits per heavy atom. The second kappa shape index (κ2) is 9.24. The van der Waals surface area contributed by atoms with Gasteiger partial charge in [0.1, 0.15) is 0 Å². The van der Waals surface area contributed by atoms with E-state index in [1.165, 1.54) is 44.5 Å². The maximum absolute atomic E-state index is 5.12. The normalized spacial score (nSPS) is 13.8. The van der Waals surface area contributed by atoms with Crippen LogP contribution < -0.4 is 0 Å². The summed E-state index contributed by atoms with van der Waals surface area (Å²) < 4.78 is 0. The van der Waals surface area contributed by atoms with Crippen molar-refractivity contribution in [3.63, 3.8) is 0 Å². The fourth-order valence-electron chi connectivity index (χ4n) is 5.82. The summed E-state index contributed by atoms with van der Waals surface area (Å²) in [6.07, 6.45) is 3.92. The van der Waals surface area contributed by atoms with Gasteiger partial charge in [0.2, 0.25) is 0 Å². The molecule has 5 rings (SSSR count). The quantitative estimate of drug-likeness (QED) is 0.395. The third-order valence-corrected chi connectivity index (χ3v) is 8.25. The number of aromatic nitrogens is 4. The molecule has 0 radical (unpaired) electrons. The summed E-state index contributed by atoms with van der Waals surface area (Å²) in [5.41, 5.74) is 19.3. The van der Waals surface area contributed by atoms with Gasteiger partial charge in [0, 0.05) is 22.1 Å². The van der Waals surface area contributed by atoms with Crippen molar-refractivity contribution in [3.05, 3.63) is 69.3 Å². The Labute approximate surface area is 214 Å². The van der Waals surface area contributed by atoms with Gasteiger partial charge in [-0.3, -0.25) is 0 Å². The summed E-state index contributed by atoms with van der Waals surface area (Å²) in [6.45, 7) is 17.7. The van der Waals surface area contributed by atoms with E-state index < -0.39 is 0 Å². The number of aryl methyl sites for hydroxylation is 4. The Morgan fingerprint density at radius 1 is 0.444 bits per heavy atom. The Bertz CT molecular complexity index is 1370. The Morgan fingerprint density at radius 3 is 0.861 bits per heavy atom. The van der Waals surface area contributed by atoms with Gasteiger partial charge in [0.05, 0.1) is 22.8 Å². The SMILES string of the molecule is CCc1c(CC)c2cc3nc(cc4[nH]c(cc5nc(cc1[nH]2)C(C)=C5C)c(CC)c4CC)C(C)=C3C. The Hall–Kier alpha value is -3.40. The molecule has 3 aromatic rings. The van der Waals surface area contributed by atoms with E-state index >= 15 is 0 Å². The second-order valence-electron chi connectivity index (χ2n) is 10.1. The van der Waals surface area contributed by atoms with Crippen LogP contribution in [0.25, 0.3) is 44.4 Å². The number of allylic oxidation sites excluding steroid dienone is 4. The zero-order valence-corrected chi connectivity index (χ0v) is 23.0. The first kappa shape index (κ1) is 24.3. The molecule has 5 heterocycles. The minimum atomic E-state index is 0.979. The van der Waals surface area contributed by atoms with Gasteiger partial charge in [-0.15, -0.1) is 0 Å². The number of H-pyrrole nitrogens is 2. The number of fused-ring (bicyclic) bond motifs is 8. The maximum atomic E-state index is 5.12. The van der Waals surface area contributed by atoms with E-state index in [4.69, 9.17) is 9.97 Å². The summed E-state index contributed by atoms with van der Waals surface area (Å²) in [7, 11) is 0. The molecule has 2 aliphatic heterocycles. The minimum Gasteiger partial charge on any atom is -0.355 e. The molecule has 186 valence electrons. The van der Waals surface area contributed by atoms with Crippen molar-refractivity contribution in [3.8, 4) is 0 Å². The lowest BCUT2D eigenvalue weighted by molar-refractivity contribution is 1.07. The molecular formula is C32H38N4. The van der Waals surface area contributed by atoms with Crippen molar-refractivity contribution >= 4 is 44.4 Å². The van der Waals surface area contributed by atoms with E-state index in [1.54, 1.807) is 0 Å². The van der Waals surface area contributed by atoms with Crippen LogP contribution in [0.1, 0.15) is 100 Å². The van der Waals surface area contributed by atoms with Crippen LogP contribution in [0.15, 0.2) is 24.3 Å². The van der Waals surface area contributed by atoms with E-state index in [9.17, 15) is 0 Å². The third-order valence-electron chi connectivity index (χ3n) is 8.25. The van der Waals surface area contributed by atoms with Crippen LogP contribution in [0.5, 0.6) is 0 Å². The van der Waals surface area contributed by atoms with Crippen LogP contribution in [0, 0.1) is 0 Å². The van der Waals surface area contributed by atoms with Gasteiger partial charge < -0.3 is 9.97 Å². The predicted molar refractivity (Wildman–Crippen MR) is 155 cm³/mol. The van der Waals surface area contributed by atoms with Gasteiger partial charge in [-0.1, -0.05) is 27.7 Å². The van der Waals surface area contributed by atoms with E-state index in [0.717, 1.165) is 70.5 Å². The van der Waals surface area contributed by atoms with Crippen molar-refractivity contribution in [1.82, 2.24) is 19.9 Å². The molecule has 0 amide bonds. The molecule has 0 saturated carbocycles. The van der Waals surface area contributed by atoms with E-state index in [0.29, 0.717) is 0 Å². The van der Waals surface area contributed by atoms with Crippen molar-refractivity contribution in [1.29, 1.82) is 0 Å². The smallest absolute Gasteiger partial charge is 0.0690 e. The average Bonchev–Trinajstić information content (AvgIpc) is 3.54. The molecule has 4 heteroatoms. The number of aromatic amines is 2. The minimum absolute atomic E-state index is 0.979. The van der Waals surface area contributed by atoms with Crippen molar-refractivity contribution in [2.24, 2.45) is 0 Å². The monoisotopic (exact) mass is 478 g/mol. The first-order valence-electron chi connectivity index (χ1n) is 13.4. The molecule has 2 aliphatic rings. The molecule has 4 nitrogen and oxygen atoms in total. The molecule has 0 aliphatic carbocycles. The van der Waals surface area contributed by atoms with Crippen molar-refractivity contribution in [2.75, 3.05) is 0 Å². The highest BCUT2D eigenvalue weighted by Gasteiger charge is 2.18. The molecular weight excluding hydrogens is 440 g/mol. The molecule has 0 fully saturated rings. The highest BCUT2D eigenvalue weighted by Crippen LogP contribution is 2.34. The largest absolute Gasteiger partial charge is 0.355 e. The molecule has 0 unspecified atom stereocenters. The van der Waals surface area contributed by atoms with Crippen LogP contribution in [0.3, 0.4) is 0 Å². The first-order chi connectivity index (χ1) is 17.3. The standard InChI is InChI=1S/C32H38N4/c1-9-21-22(10-2)30-14-26-19(7)20(8)28(34-26)16-32-24(12-4)23(11-3)31(36-32)15-27-18(6)17(5)25(33-27)13-29(21)35-30/h13-16,35-36H,9-12H2,1-8H3. The van der Waals surface area contributed by atoms with Crippen molar-refractivity contribution < 1.29 is 0 Å². The number of nitrogens with one attached hydrogen (secondary N) is 2. The zero-order chi connectivity index (χ0) is 25.7. The third kappa shape index (κ3) is 3.75. The van der Waals surface area contributed by atoms with Gasteiger partial charge >= 0.3 is 0 Å². The Kier molecular flexibility index (Phi) is 6.23. The van der Waals surface area contributed by atoms with Gasteiger partial charge in [-0.05, 0) is 122 Å². The maximum Gasteiger partial charge on any atom is 0.0690 e. The summed E-state index contributed by atoms with van der Waals surface area (Å²) in [5, 5.41) is 0. The molecule has 8 bridgehead atoms. The number of rotatable bonds is 4. The van der Waals surface area contributed by atoms with Gasteiger partial charge in [0.25, 0.3) is 0 Å². The highest BCUT2D eigenvalue weighted by atomic mass is 14.8. The second-order valence-corrected chi connectivity index (χ2v) is 10.1. The fraction of sp³-hybridized carbons (Fsp3) is 0.375. The van der Waals surface area contributed by atoms with Crippen LogP contribution in [-0.4, -0.2) is 19.9 Å². The highest BCUT2D eigenvalue weighted by molar-refractivity contribution is 5.94. The fourth-order valence-corrected chi connectivity index (χ4v) is 5.82. The lowest BCUT2D eigenvalue weighted by atomic mass is 10.0. The van der Waals surface area contributed by atoms with Crippen LogP contribution >= 0.6 is 0 Å². The topological polar surface area (TPSA) is 57.4 Å². The number of hydrogen-bond acceptors (Lipinski definition) is 2. The number of nitrogens with zero attached hydrogens (tertiary/aromatic N) is 2. The number of hydrogen-bond donors (Lipinski definition) is 2. The first-order valence-corrected chi connectivity index (χ1v) is 13.4. The summed E-state index contributed by atoms with van der Waals surface area (Å²) >= 11 is 0. The van der Waals surface area contributed by atoms with Gasteiger partial charge in [-0.2, -0.15) is 0 Å². The summed E-state index contributed by atoms with van der Waals surface area (Å²) in [6, 6.07) is 8.98. The zero-order valence-electron chi connectivity index (χ0n) is 23.0. The molecule has 2 N–H and O–H groups in total. The van der Waals surface area contributed by atoms with Crippen LogP contribution in [0.4, 0.5) is 0 Å². The van der Waals surface area contributed by atoms with E-state index in [-0.39, 0.29) is 0 Å². The lowest BCUT2D eigenvalue weighted by Gasteiger charge is -1.99. The van der Waals surface area contributed by atoms with Gasteiger partial charge in [0.15, 0.2) is 0 Å². The molecule has 0 aromatic carbocycles. The lowest BCUT2D eigenvalue weighted by Crippen LogP contribution is -1.87. The molecule has 0 spiro atoms. The molecule has 3 aromatic heterocycles. The summed E-state index contributed by atoms with van der Waals surface area (Å²) in [5.74, 6) is 0. The molecule has 36 heavy (non-hydrogen) atoms. The molecule has 0 atom stereocenters. The van der Waals surface area contributed by atoms with Crippen molar-refractivity contribution in [2.45, 2.75) is 81.1 Å². The predicted octanol–water partition coefficient (Wildman–Crippen LogP) is 8.47. The van der Waals surface area contributed by atoms with E-state index in [1.807, 2.05) is 0 Å². The van der Waals surface area contributed by atoms with E-state index in [2.05, 4.69) is 89.6 Å².